The Morgan fingerprint density at radius 1 is 1.10 bits per heavy atom. The van der Waals surface area contributed by atoms with Crippen LogP contribution in [0, 0.1) is 0 Å². The summed E-state index contributed by atoms with van der Waals surface area (Å²) in [6, 6.07) is 16.8. The molecule has 2 aromatic rings. The normalized spacial score (nSPS) is 12.2. The van der Waals surface area contributed by atoms with Gasteiger partial charge in [-0.15, -0.1) is 0 Å². The van der Waals surface area contributed by atoms with Crippen LogP contribution < -0.4 is 10.1 Å². The number of para-hydroxylation sites is 1. The van der Waals surface area contributed by atoms with Crippen molar-refractivity contribution < 1.29 is 4.74 Å². The molecule has 1 unspecified atom stereocenters. The molecule has 0 aliphatic heterocycles. The average molecular weight is 334 g/mol. The van der Waals surface area contributed by atoms with Gasteiger partial charge in [0.1, 0.15) is 12.4 Å². The van der Waals surface area contributed by atoms with E-state index in [4.69, 9.17) is 4.74 Å². The van der Waals surface area contributed by atoms with Crippen LogP contribution >= 0.6 is 15.9 Å². The van der Waals surface area contributed by atoms with Crippen molar-refractivity contribution in [2.24, 2.45) is 0 Å². The lowest BCUT2D eigenvalue weighted by Gasteiger charge is -2.18. The maximum atomic E-state index is 5.99. The molecule has 0 aliphatic carbocycles. The van der Waals surface area contributed by atoms with E-state index in [0.717, 1.165) is 16.6 Å². The Kier molecular flexibility index (Phi) is 5.62. The number of hydrogen-bond acceptors (Lipinski definition) is 2. The Morgan fingerprint density at radius 2 is 1.80 bits per heavy atom. The third kappa shape index (κ3) is 3.84. The molecule has 0 radical (unpaired) electrons. The predicted octanol–water partition coefficient (Wildman–Crippen LogP) is 4.70. The summed E-state index contributed by atoms with van der Waals surface area (Å²) in [6.45, 7) is 2.76. The fourth-order valence-corrected chi connectivity index (χ4v) is 2.49. The Morgan fingerprint density at radius 3 is 2.45 bits per heavy atom. The summed E-state index contributed by atoms with van der Waals surface area (Å²) in [6.07, 6.45) is 1.04. The molecule has 0 saturated heterocycles. The zero-order chi connectivity index (χ0) is 14.4. The van der Waals surface area contributed by atoms with E-state index < -0.39 is 0 Å². The number of nitrogens with one attached hydrogen (secondary N) is 1. The first-order valence-electron chi connectivity index (χ1n) is 6.88. The molecule has 2 aromatic carbocycles. The highest BCUT2D eigenvalue weighted by Crippen LogP contribution is 2.27. The molecule has 0 heterocycles. The molecule has 0 saturated carbocycles. The molecule has 0 bridgehead atoms. The Labute approximate surface area is 129 Å². The smallest absolute Gasteiger partial charge is 0.124 e. The molecule has 0 aromatic heterocycles. The molecule has 1 N–H and O–H groups in total. The molecule has 3 heteroatoms. The molecule has 0 fully saturated rings. The molecule has 0 aliphatic rings. The lowest BCUT2D eigenvalue weighted by Crippen LogP contribution is -2.16. The van der Waals surface area contributed by atoms with E-state index in [1.807, 2.05) is 31.3 Å². The first-order valence-corrected chi connectivity index (χ1v) is 7.67. The average Bonchev–Trinajstić information content (AvgIpc) is 2.49. The van der Waals surface area contributed by atoms with Gasteiger partial charge in [0.2, 0.25) is 0 Å². The fourth-order valence-electron chi connectivity index (χ4n) is 2.22. The highest BCUT2D eigenvalue weighted by molar-refractivity contribution is 9.10. The van der Waals surface area contributed by atoms with Crippen molar-refractivity contribution in [2.75, 3.05) is 7.05 Å². The topological polar surface area (TPSA) is 21.3 Å². The highest BCUT2D eigenvalue weighted by Gasteiger charge is 2.12. The first kappa shape index (κ1) is 15.1. The standard InChI is InChI=1S/C17H20BrNO/c1-3-16(19-2)15-6-4-5-7-17(15)20-12-13-8-10-14(18)11-9-13/h4-11,16,19H,3,12H2,1-2H3. The van der Waals surface area contributed by atoms with Gasteiger partial charge < -0.3 is 10.1 Å². The van der Waals surface area contributed by atoms with E-state index in [1.165, 1.54) is 11.1 Å². The molecule has 0 amide bonds. The van der Waals surface area contributed by atoms with Crippen molar-refractivity contribution in [1.82, 2.24) is 5.32 Å². The van der Waals surface area contributed by atoms with Crippen LogP contribution in [0.15, 0.2) is 53.0 Å². The number of halogens is 1. The van der Waals surface area contributed by atoms with Gasteiger partial charge in [-0.2, -0.15) is 0 Å². The van der Waals surface area contributed by atoms with E-state index in [9.17, 15) is 0 Å². The van der Waals surface area contributed by atoms with E-state index >= 15 is 0 Å². The van der Waals surface area contributed by atoms with Gasteiger partial charge in [0.05, 0.1) is 0 Å². The number of hydrogen-bond donors (Lipinski definition) is 1. The minimum Gasteiger partial charge on any atom is -0.489 e. The zero-order valence-electron chi connectivity index (χ0n) is 11.9. The van der Waals surface area contributed by atoms with Gasteiger partial charge >= 0.3 is 0 Å². The van der Waals surface area contributed by atoms with Crippen LogP contribution in [-0.4, -0.2) is 7.05 Å². The maximum absolute atomic E-state index is 5.99. The molecule has 20 heavy (non-hydrogen) atoms. The second-order valence-electron chi connectivity index (χ2n) is 4.70. The van der Waals surface area contributed by atoms with Gasteiger partial charge in [-0.3, -0.25) is 0 Å². The lowest BCUT2D eigenvalue weighted by atomic mass is 10.0. The highest BCUT2D eigenvalue weighted by atomic mass is 79.9. The summed E-state index contributed by atoms with van der Waals surface area (Å²) >= 11 is 3.44. The van der Waals surface area contributed by atoms with Gasteiger partial charge in [-0.05, 0) is 37.2 Å². The van der Waals surface area contributed by atoms with Crippen molar-refractivity contribution in [3.8, 4) is 5.75 Å². The molecule has 1 atom stereocenters. The molecule has 2 nitrogen and oxygen atoms in total. The van der Waals surface area contributed by atoms with Crippen LogP contribution in [0.3, 0.4) is 0 Å². The summed E-state index contributed by atoms with van der Waals surface area (Å²) in [5.74, 6) is 0.955. The van der Waals surface area contributed by atoms with E-state index in [-0.39, 0.29) is 0 Å². The summed E-state index contributed by atoms with van der Waals surface area (Å²) < 4.78 is 7.08. The monoisotopic (exact) mass is 333 g/mol. The SMILES string of the molecule is CCC(NC)c1ccccc1OCc1ccc(Br)cc1. The lowest BCUT2D eigenvalue weighted by molar-refractivity contribution is 0.299. The minimum absolute atomic E-state index is 0.330. The number of ether oxygens (including phenoxy) is 1. The van der Waals surface area contributed by atoms with Gasteiger partial charge in [0.15, 0.2) is 0 Å². The largest absolute Gasteiger partial charge is 0.489 e. The van der Waals surface area contributed by atoms with Gasteiger partial charge in [0.25, 0.3) is 0 Å². The summed E-state index contributed by atoms with van der Waals surface area (Å²) in [5.41, 5.74) is 2.38. The van der Waals surface area contributed by atoms with Crippen LogP contribution in [0.5, 0.6) is 5.75 Å². The second kappa shape index (κ2) is 7.46. The Bertz CT molecular complexity index is 535. The second-order valence-corrected chi connectivity index (χ2v) is 5.62. The van der Waals surface area contributed by atoms with Crippen LogP contribution in [0.1, 0.15) is 30.5 Å². The fraction of sp³-hybridized carbons (Fsp3) is 0.294. The van der Waals surface area contributed by atoms with Crippen LogP contribution in [0.4, 0.5) is 0 Å². The minimum atomic E-state index is 0.330. The molecule has 106 valence electrons. The summed E-state index contributed by atoms with van der Waals surface area (Å²) in [5, 5.41) is 3.33. The Hall–Kier alpha value is -1.32. The van der Waals surface area contributed by atoms with E-state index in [2.05, 4.69) is 52.4 Å². The van der Waals surface area contributed by atoms with E-state index in [1.54, 1.807) is 0 Å². The Balaban J connectivity index is 2.11. The van der Waals surface area contributed by atoms with Crippen LogP contribution in [0.25, 0.3) is 0 Å². The molecule has 0 spiro atoms. The van der Waals surface area contributed by atoms with Crippen molar-refractivity contribution >= 4 is 15.9 Å². The summed E-state index contributed by atoms with van der Waals surface area (Å²) in [7, 11) is 1.99. The molecular formula is C17H20BrNO. The summed E-state index contributed by atoms with van der Waals surface area (Å²) in [4.78, 5) is 0. The zero-order valence-corrected chi connectivity index (χ0v) is 13.5. The van der Waals surface area contributed by atoms with Crippen molar-refractivity contribution in [1.29, 1.82) is 0 Å². The maximum Gasteiger partial charge on any atom is 0.124 e. The third-order valence-electron chi connectivity index (χ3n) is 3.36. The number of benzene rings is 2. The predicted molar refractivity (Wildman–Crippen MR) is 87.0 cm³/mol. The van der Waals surface area contributed by atoms with Gasteiger partial charge in [-0.1, -0.05) is 53.2 Å². The first-order chi connectivity index (χ1) is 9.74. The van der Waals surface area contributed by atoms with Crippen LogP contribution in [0.2, 0.25) is 0 Å². The molecule has 2 rings (SSSR count). The molecular weight excluding hydrogens is 314 g/mol. The quantitative estimate of drug-likeness (QED) is 0.827. The van der Waals surface area contributed by atoms with Crippen LogP contribution in [-0.2, 0) is 6.61 Å². The third-order valence-corrected chi connectivity index (χ3v) is 3.89. The van der Waals surface area contributed by atoms with Gasteiger partial charge in [0, 0.05) is 16.1 Å². The number of rotatable bonds is 6. The van der Waals surface area contributed by atoms with E-state index in [0.29, 0.717) is 12.6 Å². The van der Waals surface area contributed by atoms with Crippen molar-refractivity contribution in [2.45, 2.75) is 26.0 Å². The van der Waals surface area contributed by atoms with Crippen molar-refractivity contribution in [3.63, 3.8) is 0 Å². The van der Waals surface area contributed by atoms with Gasteiger partial charge in [-0.25, -0.2) is 0 Å². The van der Waals surface area contributed by atoms with Crippen molar-refractivity contribution in [3.05, 3.63) is 64.1 Å².